The van der Waals surface area contributed by atoms with Gasteiger partial charge in [-0.1, -0.05) is 6.07 Å². The van der Waals surface area contributed by atoms with Gasteiger partial charge in [0.2, 0.25) is 0 Å². The fourth-order valence-corrected chi connectivity index (χ4v) is 2.39. The molecule has 0 aliphatic carbocycles. The first-order chi connectivity index (χ1) is 12.1. The van der Waals surface area contributed by atoms with Crippen LogP contribution in [0.15, 0.2) is 34.1 Å². The molecule has 3 aromatic rings. The van der Waals surface area contributed by atoms with Crippen molar-refractivity contribution in [1.29, 1.82) is 0 Å². The Hall–Kier alpha value is -2.98. The Kier molecular flexibility index (Phi) is 4.91. The van der Waals surface area contributed by atoms with Gasteiger partial charge in [0.05, 0.1) is 13.1 Å². The van der Waals surface area contributed by atoms with E-state index >= 15 is 0 Å². The van der Waals surface area contributed by atoms with E-state index < -0.39 is 11.2 Å². The first kappa shape index (κ1) is 16.9. The van der Waals surface area contributed by atoms with Crippen molar-refractivity contribution < 1.29 is 0 Å². The van der Waals surface area contributed by atoms with Gasteiger partial charge in [-0.05, 0) is 11.6 Å². The number of fused-ring (bicyclic) bond motifs is 1. The van der Waals surface area contributed by atoms with Crippen LogP contribution in [0.25, 0.3) is 11.2 Å². The molecule has 0 aromatic carbocycles. The van der Waals surface area contributed by atoms with E-state index in [9.17, 15) is 9.59 Å². The summed E-state index contributed by atoms with van der Waals surface area (Å²) in [6.45, 7) is 1.64. The predicted molar refractivity (Wildman–Crippen MR) is 90.9 cm³/mol. The molecule has 130 valence electrons. The predicted octanol–water partition coefficient (Wildman–Crippen LogP) is -1.62. The molecule has 0 saturated carbocycles. The highest BCUT2D eigenvalue weighted by atomic mass is 16.2. The van der Waals surface area contributed by atoms with Crippen molar-refractivity contribution in [1.82, 2.24) is 34.6 Å². The van der Waals surface area contributed by atoms with Gasteiger partial charge >= 0.3 is 5.69 Å². The maximum atomic E-state index is 12.5. The van der Waals surface area contributed by atoms with Gasteiger partial charge in [0, 0.05) is 32.5 Å². The average Bonchev–Trinajstić information content (AvgIpc) is 2.64. The third-order valence-corrected chi connectivity index (χ3v) is 3.66. The summed E-state index contributed by atoms with van der Waals surface area (Å²) in [7, 11) is 1.41. The van der Waals surface area contributed by atoms with Gasteiger partial charge < -0.3 is 11.1 Å². The Morgan fingerprint density at radius 1 is 1.28 bits per heavy atom. The molecule has 0 fully saturated rings. The van der Waals surface area contributed by atoms with Crippen LogP contribution in [-0.2, 0) is 20.1 Å². The Labute approximate surface area is 142 Å². The number of hydrogen-bond donors (Lipinski definition) is 2. The molecular weight excluding hydrogens is 324 g/mol. The van der Waals surface area contributed by atoms with Crippen molar-refractivity contribution in [2.45, 2.75) is 13.1 Å². The van der Waals surface area contributed by atoms with E-state index in [1.54, 1.807) is 18.5 Å². The summed E-state index contributed by atoms with van der Waals surface area (Å²) >= 11 is 0. The molecule has 25 heavy (non-hydrogen) atoms. The molecular formula is C15H18N8O2. The van der Waals surface area contributed by atoms with E-state index in [-0.39, 0.29) is 17.7 Å². The molecule has 0 bridgehead atoms. The molecule has 0 unspecified atom stereocenters. The molecule has 0 atom stereocenters. The second-order valence-electron chi connectivity index (χ2n) is 5.46. The summed E-state index contributed by atoms with van der Waals surface area (Å²) < 4.78 is 2.38. The zero-order valence-corrected chi connectivity index (χ0v) is 13.7. The fourth-order valence-electron chi connectivity index (χ4n) is 2.39. The first-order valence-electron chi connectivity index (χ1n) is 7.74. The average molecular weight is 342 g/mol. The number of hydrogen-bond acceptors (Lipinski definition) is 8. The summed E-state index contributed by atoms with van der Waals surface area (Å²) in [5, 5.41) is 11.1. The lowest BCUT2D eigenvalue weighted by atomic mass is 10.3. The minimum Gasteiger partial charge on any atom is -0.329 e. The first-order valence-corrected chi connectivity index (χ1v) is 7.74. The van der Waals surface area contributed by atoms with Crippen LogP contribution < -0.4 is 22.3 Å². The van der Waals surface area contributed by atoms with Crippen molar-refractivity contribution in [2.24, 2.45) is 12.8 Å². The topological polar surface area (TPSA) is 134 Å². The minimum atomic E-state index is -0.502. The molecule has 10 heteroatoms. The Balaban J connectivity index is 2.10. The fraction of sp³-hybridized carbons (Fsp3) is 0.333. The normalized spacial score (nSPS) is 11.1. The van der Waals surface area contributed by atoms with Crippen LogP contribution in [-0.4, -0.2) is 42.4 Å². The van der Waals surface area contributed by atoms with Gasteiger partial charge in [0.1, 0.15) is 0 Å². The van der Waals surface area contributed by atoms with Gasteiger partial charge in [-0.3, -0.25) is 18.9 Å². The standard InChI is InChI=1S/C15H18N8O2/c1-22-14(24)12-13(21-20-11(19-12)8-18-6-4-16)23(15(22)25)9-10-3-2-5-17-7-10/h2-3,5,7,18H,4,6,8-9,16H2,1H3. The molecule has 3 heterocycles. The molecule has 0 radical (unpaired) electrons. The van der Waals surface area contributed by atoms with Crippen LogP contribution in [0.2, 0.25) is 0 Å². The van der Waals surface area contributed by atoms with E-state index in [2.05, 4.69) is 25.5 Å². The number of rotatable bonds is 6. The largest absolute Gasteiger partial charge is 0.332 e. The van der Waals surface area contributed by atoms with Gasteiger partial charge in [-0.2, -0.15) is 0 Å². The number of aromatic nitrogens is 6. The van der Waals surface area contributed by atoms with Crippen molar-refractivity contribution >= 4 is 11.2 Å². The summed E-state index contributed by atoms with van der Waals surface area (Å²) in [5.41, 5.74) is 5.50. The van der Waals surface area contributed by atoms with Crippen molar-refractivity contribution in [3.05, 3.63) is 56.8 Å². The van der Waals surface area contributed by atoms with Crippen LogP contribution in [0.4, 0.5) is 0 Å². The maximum absolute atomic E-state index is 12.5. The third kappa shape index (κ3) is 3.44. The number of pyridine rings is 1. The third-order valence-electron chi connectivity index (χ3n) is 3.66. The SMILES string of the molecule is Cn1c(=O)c2nc(CNCCN)nnc2n(Cc2cccnc2)c1=O. The van der Waals surface area contributed by atoms with Gasteiger partial charge in [-0.25, -0.2) is 9.78 Å². The molecule has 0 aliphatic rings. The lowest BCUT2D eigenvalue weighted by Crippen LogP contribution is -2.39. The molecule has 0 aliphatic heterocycles. The highest BCUT2D eigenvalue weighted by Crippen LogP contribution is 2.05. The van der Waals surface area contributed by atoms with Crippen LogP contribution >= 0.6 is 0 Å². The second-order valence-corrected chi connectivity index (χ2v) is 5.46. The van der Waals surface area contributed by atoms with Crippen molar-refractivity contribution in [3.63, 3.8) is 0 Å². The van der Waals surface area contributed by atoms with Crippen LogP contribution in [0.5, 0.6) is 0 Å². The number of nitrogens with two attached hydrogens (primary N) is 1. The van der Waals surface area contributed by atoms with E-state index in [1.165, 1.54) is 11.6 Å². The lowest BCUT2D eigenvalue weighted by molar-refractivity contribution is 0.635. The zero-order chi connectivity index (χ0) is 17.8. The summed E-state index contributed by atoms with van der Waals surface area (Å²) in [5.74, 6) is 0.365. The maximum Gasteiger partial charge on any atom is 0.332 e. The summed E-state index contributed by atoms with van der Waals surface area (Å²) in [4.78, 5) is 33.2. The minimum absolute atomic E-state index is 0.102. The van der Waals surface area contributed by atoms with E-state index in [0.29, 0.717) is 25.5 Å². The van der Waals surface area contributed by atoms with E-state index in [4.69, 9.17) is 5.73 Å². The van der Waals surface area contributed by atoms with Gasteiger partial charge in [0.25, 0.3) is 5.56 Å². The van der Waals surface area contributed by atoms with Gasteiger partial charge in [0.15, 0.2) is 17.0 Å². The van der Waals surface area contributed by atoms with E-state index in [0.717, 1.165) is 10.1 Å². The highest BCUT2D eigenvalue weighted by Gasteiger charge is 2.15. The Morgan fingerprint density at radius 3 is 2.84 bits per heavy atom. The smallest absolute Gasteiger partial charge is 0.329 e. The van der Waals surface area contributed by atoms with Crippen molar-refractivity contribution in [3.8, 4) is 0 Å². The number of nitrogens with zero attached hydrogens (tertiary/aromatic N) is 6. The molecule has 3 N–H and O–H groups in total. The summed E-state index contributed by atoms with van der Waals surface area (Å²) in [6, 6.07) is 3.61. The zero-order valence-electron chi connectivity index (χ0n) is 13.7. The van der Waals surface area contributed by atoms with E-state index in [1.807, 2.05) is 6.07 Å². The van der Waals surface area contributed by atoms with Crippen LogP contribution in [0.3, 0.4) is 0 Å². The Bertz CT molecular complexity index is 996. The molecule has 0 saturated heterocycles. The van der Waals surface area contributed by atoms with Gasteiger partial charge in [-0.15, -0.1) is 10.2 Å². The quantitative estimate of drug-likeness (QED) is 0.510. The molecule has 10 nitrogen and oxygen atoms in total. The molecule has 3 aromatic heterocycles. The molecule has 0 spiro atoms. The van der Waals surface area contributed by atoms with Crippen molar-refractivity contribution in [2.75, 3.05) is 13.1 Å². The number of nitrogens with one attached hydrogen (secondary N) is 1. The Morgan fingerprint density at radius 2 is 2.12 bits per heavy atom. The molecule has 0 amide bonds. The summed E-state index contributed by atoms with van der Waals surface area (Å²) in [6.07, 6.45) is 3.29. The second kappa shape index (κ2) is 7.28. The monoisotopic (exact) mass is 342 g/mol. The highest BCUT2D eigenvalue weighted by molar-refractivity contribution is 5.68. The molecule has 3 rings (SSSR count). The van der Waals surface area contributed by atoms with Crippen LogP contribution in [0, 0.1) is 0 Å². The van der Waals surface area contributed by atoms with Crippen LogP contribution in [0.1, 0.15) is 11.4 Å². The lowest BCUT2D eigenvalue weighted by Gasteiger charge is -2.11.